The van der Waals surface area contributed by atoms with Crippen LogP contribution in [-0.4, -0.2) is 38.8 Å². The summed E-state index contributed by atoms with van der Waals surface area (Å²) in [4.78, 5) is 28.5. The molecular weight excluding hydrogens is 336 g/mol. The second kappa shape index (κ2) is 7.43. The van der Waals surface area contributed by atoms with Gasteiger partial charge in [-0.05, 0) is 43.9 Å². The van der Waals surface area contributed by atoms with Gasteiger partial charge in [-0.2, -0.15) is 0 Å². The van der Waals surface area contributed by atoms with Crippen molar-refractivity contribution < 1.29 is 4.79 Å². The molecule has 5 heteroatoms. The normalized spacial score (nSPS) is 15.0. The summed E-state index contributed by atoms with van der Waals surface area (Å²) in [5.41, 5.74) is 5.46. The van der Waals surface area contributed by atoms with E-state index >= 15 is 0 Å². The van der Waals surface area contributed by atoms with Crippen molar-refractivity contribution in [2.75, 3.05) is 13.1 Å². The Morgan fingerprint density at radius 1 is 1.00 bits per heavy atom. The van der Waals surface area contributed by atoms with Crippen molar-refractivity contribution >= 4 is 16.8 Å². The number of aromatic nitrogens is 3. The van der Waals surface area contributed by atoms with E-state index in [0.29, 0.717) is 0 Å². The summed E-state index contributed by atoms with van der Waals surface area (Å²) in [6.45, 7) is 5.80. The van der Waals surface area contributed by atoms with Crippen molar-refractivity contribution in [2.24, 2.45) is 0 Å². The summed E-state index contributed by atoms with van der Waals surface area (Å²) < 4.78 is 0. The van der Waals surface area contributed by atoms with Crippen LogP contribution in [0.5, 0.6) is 0 Å². The van der Waals surface area contributed by atoms with Crippen molar-refractivity contribution in [3.05, 3.63) is 53.6 Å². The summed E-state index contributed by atoms with van der Waals surface area (Å²) >= 11 is 0. The van der Waals surface area contributed by atoms with Gasteiger partial charge in [-0.1, -0.05) is 25.0 Å². The van der Waals surface area contributed by atoms with Gasteiger partial charge in [0.1, 0.15) is 6.33 Å². The van der Waals surface area contributed by atoms with Crippen LogP contribution in [0.4, 0.5) is 0 Å². The van der Waals surface area contributed by atoms with Crippen LogP contribution in [0.2, 0.25) is 0 Å². The first kappa shape index (κ1) is 17.6. The van der Waals surface area contributed by atoms with Gasteiger partial charge in [-0.15, -0.1) is 0 Å². The van der Waals surface area contributed by atoms with E-state index in [1.54, 1.807) is 12.4 Å². The van der Waals surface area contributed by atoms with Gasteiger partial charge in [-0.25, -0.2) is 15.0 Å². The Hall–Kier alpha value is -2.82. The molecule has 3 aromatic rings. The molecule has 138 valence electrons. The summed E-state index contributed by atoms with van der Waals surface area (Å²) in [7, 11) is 0. The minimum atomic E-state index is 0.102. The number of hydrogen-bond donors (Lipinski definition) is 0. The lowest BCUT2D eigenvalue weighted by atomic mass is 9.99. The molecule has 1 aromatic carbocycles. The molecule has 0 saturated carbocycles. The zero-order valence-corrected chi connectivity index (χ0v) is 15.9. The number of amides is 1. The molecule has 3 heterocycles. The molecule has 1 saturated heterocycles. The number of aryl methyl sites for hydroxylation is 2. The van der Waals surface area contributed by atoms with Gasteiger partial charge in [0.15, 0.2) is 0 Å². The highest BCUT2D eigenvalue weighted by atomic mass is 16.2. The van der Waals surface area contributed by atoms with Crippen LogP contribution in [-0.2, 0) is 0 Å². The average Bonchev–Trinajstić information content (AvgIpc) is 3.00. The van der Waals surface area contributed by atoms with Crippen LogP contribution in [0, 0.1) is 13.8 Å². The molecule has 0 atom stereocenters. The zero-order chi connectivity index (χ0) is 18.8. The Morgan fingerprint density at radius 3 is 2.41 bits per heavy atom. The molecule has 1 fully saturated rings. The fraction of sp³-hybridized carbons (Fsp3) is 0.364. The van der Waals surface area contributed by atoms with Crippen molar-refractivity contribution in [1.82, 2.24) is 19.9 Å². The van der Waals surface area contributed by atoms with Crippen LogP contribution in [0.3, 0.4) is 0 Å². The van der Waals surface area contributed by atoms with E-state index in [-0.39, 0.29) is 5.91 Å². The number of hydrogen-bond acceptors (Lipinski definition) is 4. The van der Waals surface area contributed by atoms with E-state index in [0.717, 1.165) is 59.2 Å². The first-order chi connectivity index (χ1) is 13.1. The molecule has 4 rings (SSSR count). The van der Waals surface area contributed by atoms with Crippen LogP contribution in [0.1, 0.15) is 47.2 Å². The first-order valence-electron chi connectivity index (χ1n) is 9.61. The van der Waals surface area contributed by atoms with Gasteiger partial charge in [0.25, 0.3) is 5.91 Å². The summed E-state index contributed by atoms with van der Waals surface area (Å²) in [5, 5.41) is 0.924. The van der Waals surface area contributed by atoms with E-state index < -0.39 is 0 Å². The van der Waals surface area contributed by atoms with Crippen LogP contribution in [0.15, 0.2) is 36.9 Å². The maximum Gasteiger partial charge on any atom is 0.254 e. The Bertz CT molecular complexity index is 977. The quantitative estimate of drug-likeness (QED) is 0.683. The number of pyridine rings is 1. The van der Waals surface area contributed by atoms with E-state index in [2.05, 4.69) is 29.9 Å². The Labute approximate surface area is 159 Å². The molecule has 0 spiro atoms. The van der Waals surface area contributed by atoms with E-state index in [1.807, 2.05) is 17.0 Å². The topological polar surface area (TPSA) is 59.0 Å². The van der Waals surface area contributed by atoms with Crippen LogP contribution >= 0.6 is 0 Å². The third kappa shape index (κ3) is 3.42. The maximum atomic E-state index is 13.4. The number of benzene rings is 1. The molecule has 0 N–H and O–H groups in total. The van der Waals surface area contributed by atoms with Gasteiger partial charge in [-0.3, -0.25) is 4.79 Å². The van der Waals surface area contributed by atoms with Gasteiger partial charge in [0.2, 0.25) is 0 Å². The number of nitrogens with zero attached hydrogens (tertiary/aromatic N) is 4. The standard InChI is InChI=1S/C22H24N4O/c1-15-7-8-18-19(22(27)26-9-5-3-4-6-10-26)11-20(25-21(18)16(15)2)17-12-23-14-24-13-17/h7-8,11-14H,3-6,9-10H2,1-2H3. The van der Waals surface area contributed by atoms with E-state index in [1.165, 1.54) is 24.7 Å². The van der Waals surface area contributed by atoms with E-state index in [4.69, 9.17) is 4.98 Å². The van der Waals surface area contributed by atoms with Crippen molar-refractivity contribution in [3.63, 3.8) is 0 Å². The first-order valence-corrected chi connectivity index (χ1v) is 9.61. The number of rotatable bonds is 2. The summed E-state index contributed by atoms with van der Waals surface area (Å²) in [6.07, 6.45) is 9.54. The molecule has 5 nitrogen and oxygen atoms in total. The highest BCUT2D eigenvalue weighted by molar-refractivity contribution is 6.08. The molecule has 1 amide bonds. The maximum absolute atomic E-state index is 13.4. The van der Waals surface area contributed by atoms with Gasteiger partial charge in [0, 0.05) is 36.4 Å². The molecule has 1 aliphatic heterocycles. The van der Waals surface area contributed by atoms with Crippen molar-refractivity contribution in [2.45, 2.75) is 39.5 Å². The Morgan fingerprint density at radius 2 is 1.70 bits per heavy atom. The fourth-order valence-electron chi connectivity index (χ4n) is 3.73. The fourth-order valence-corrected chi connectivity index (χ4v) is 3.73. The Kier molecular flexibility index (Phi) is 4.84. The summed E-state index contributed by atoms with van der Waals surface area (Å²) in [6, 6.07) is 6.01. The minimum absolute atomic E-state index is 0.102. The lowest BCUT2D eigenvalue weighted by molar-refractivity contribution is 0.0763. The predicted molar refractivity (Wildman–Crippen MR) is 107 cm³/mol. The molecule has 27 heavy (non-hydrogen) atoms. The third-order valence-electron chi connectivity index (χ3n) is 5.49. The SMILES string of the molecule is Cc1ccc2c(C(=O)N3CCCCCC3)cc(-c3cncnc3)nc2c1C. The molecule has 0 unspecified atom stereocenters. The predicted octanol–water partition coefficient (Wildman–Crippen LogP) is 4.32. The van der Waals surface area contributed by atoms with Gasteiger partial charge in [0.05, 0.1) is 16.8 Å². The third-order valence-corrected chi connectivity index (χ3v) is 5.49. The largest absolute Gasteiger partial charge is 0.339 e. The number of carbonyl (C=O) groups excluding carboxylic acids is 1. The Balaban J connectivity index is 1.89. The highest BCUT2D eigenvalue weighted by Crippen LogP contribution is 2.29. The number of fused-ring (bicyclic) bond motifs is 1. The molecule has 0 bridgehead atoms. The second-order valence-corrected chi connectivity index (χ2v) is 7.29. The zero-order valence-electron chi connectivity index (χ0n) is 15.9. The molecule has 2 aromatic heterocycles. The second-order valence-electron chi connectivity index (χ2n) is 7.29. The lowest BCUT2D eigenvalue weighted by Crippen LogP contribution is -2.32. The monoisotopic (exact) mass is 360 g/mol. The van der Waals surface area contributed by atoms with Crippen LogP contribution in [0.25, 0.3) is 22.2 Å². The molecule has 1 aliphatic rings. The minimum Gasteiger partial charge on any atom is -0.339 e. The smallest absolute Gasteiger partial charge is 0.254 e. The number of carbonyl (C=O) groups is 1. The van der Waals surface area contributed by atoms with Gasteiger partial charge >= 0.3 is 0 Å². The van der Waals surface area contributed by atoms with E-state index in [9.17, 15) is 4.79 Å². The molecule has 0 aliphatic carbocycles. The van der Waals surface area contributed by atoms with Crippen molar-refractivity contribution in [1.29, 1.82) is 0 Å². The molecular formula is C22H24N4O. The van der Waals surface area contributed by atoms with Gasteiger partial charge < -0.3 is 4.90 Å². The van der Waals surface area contributed by atoms with Crippen LogP contribution < -0.4 is 0 Å². The average molecular weight is 360 g/mol. The number of likely N-dealkylation sites (tertiary alicyclic amines) is 1. The summed E-state index contributed by atoms with van der Waals surface area (Å²) in [5.74, 6) is 0.102. The highest BCUT2D eigenvalue weighted by Gasteiger charge is 2.22. The molecule has 0 radical (unpaired) electrons. The van der Waals surface area contributed by atoms with Crippen molar-refractivity contribution in [3.8, 4) is 11.3 Å². The lowest BCUT2D eigenvalue weighted by Gasteiger charge is -2.22.